The van der Waals surface area contributed by atoms with Crippen LogP contribution in [0.25, 0.3) is 11.4 Å². The van der Waals surface area contributed by atoms with Gasteiger partial charge in [-0.2, -0.15) is 0 Å². The molecule has 1 saturated heterocycles. The van der Waals surface area contributed by atoms with Crippen LogP contribution in [0.3, 0.4) is 0 Å². The molecule has 2 heterocycles. The molecule has 0 spiro atoms. The van der Waals surface area contributed by atoms with Crippen molar-refractivity contribution in [3.8, 4) is 11.4 Å². The summed E-state index contributed by atoms with van der Waals surface area (Å²) in [4.78, 5) is 13.8. The minimum absolute atomic E-state index is 0.0709. The number of hydrogen-bond donors (Lipinski definition) is 1. The van der Waals surface area contributed by atoms with Crippen LogP contribution < -0.4 is 5.32 Å². The van der Waals surface area contributed by atoms with Crippen LogP contribution in [0.1, 0.15) is 24.9 Å². The summed E-state index contributed by atoms with van der Waals surface area (Å²) in [6.45, 7) is 2.77. The van der Waals surface area contributed by atoms with Crippen LogP contribution in [0, 0.1) is 12.8 Å². The maximum atomic E-state index is 13.8. The van der Waals surface area contributed by atoms with E-state index in [2.05, 4.69) is 27.8 Å². The van der Waals surface area contributed by atoms with Gasteiger partial charge in [0.2, 0.25) is 0 Å². The minimum Gasteiger partial charge on any atom is -0.373 e. The van der Waals surface area contributed by atoms with Gasteiger partial charge in [0, 0.05) is 12.1 Å². The van der Waals surface area contributed by atoms with Gasteiger partial charge in [-0.1, -0.05) is 19.1 Å². The van der Waals surface area contributed by atoms with Gasteiger partial charge in [-0.3, -0.25) is 0 Å². The molecule has 1 aromatic heterocycles. The summed E-state index contributed by atoms with van der Waals surface area (Å²) in [5.41, 5.74) is 1.97. The molecule has 2 fully saturated rings. The number of benzene rings is 1. The van der Waals surface area contributed by atoms with Crippen LogP contribution in [-0.2, 0) is 4.74 Å². The number of carbonyl (C=O) groups excluding carboxylic acids is 1. The maximum absolute atomic E-state index is 13.8. The summed E-state index contributed by atoms with van der Waals surface area (Å²) in [6, 6.07) is 5.14. The molecule has 2 aliphatic rings. The van der Waals surface area contributed by atoms with E-state index in [4.69, 9.17) is 4.74 Å². The third-order valence-corrected chi connectivity index (χ3v) is 5.15. The molecule has 1 aromatic carbocycles. The highest BCUT2D eigenvalue weighted by atomic mass is 19.3. The van der Waals surface area contributed by atoms with Gasteiger partial charge in [0.15, 0.2) is 5.82 Å². The van der Waals surface area contributed by atoms with E-state index in [1.54, 1.807) is 4.68 Å². The lowest BCUT2D eigenvalue weighted by molar-refractivity contribution is -0.0648. The van der Waals surface area contributed by atoms with E-state index >= 15 is 0 Å². The van der Waals surface area contributed by atoms with Crippen LogP contribution in [0.15, 0.2) is 18.2 Å². The van der Waals surface area contributed by atoms with Gasteiger partial charge in [-0.05, 0) is 41.3 Å². The summed E-state index contributed by atoms with van der Waals surface area (Å²) >= 11 is 0. The number of para-hydroxylation sites is 1. The van der Waals surface area contributed by atoms with Gasteiger partial charge in [0.1, 0.15) is 6.61 Å². The Balaban J connectivity index is 1.62. The molecule has 0 unspecified atom stereocenters. The van der Waals surface area contributed by atoms with Crippen molar-refractivity contribution in [2.24, 2.45) is 5.92 Å². The Labute approximate surface area is 160 Å². The quantitative estimate of drug-likeness (QED) is 0.868. The van der Waals surface area contributed by atoms with Gasteiger partial charge in [0.05, 0.1) is 24.9 Å². The highest BCUT2D eigenvalue weighted by molar-refractivity contribution is 5.95. The number of aryl methyl sites for hydroxylation is 1. The number of carbonyl (C=O) groups is 1. The second kappa shape index (κ2) is 7.08. The van der Waals surface area contributed by atoms with Gasteiger partial charge in [0.25, 0.3) is 5.92 Å². The van der Waals surface area contributed by atoms with Crippen molar-refractivity contribution in [2.45, 2.75) is 32.2 Å². The first-order valence-electron chi connectivity index (χ1n) is 9.25. The summed E-state index contributed by atoms with van der Waals surface area (Å²) in [5, 5.41) is 14.8. The van der Waals surface area contributed by atoms with Crippen molar-refractivity contribution in [1.29, 1.82) is 0 Å². The number of hydrogen-bond acceptors (Lipinski definition) is 5. The van der Waals surface area contributed by atoms with E-state index < -0.39 is 25.1 Å². The van der Waals surface area contributed by atoms with Gasteiger partial charge in [-0.25, -0.2) is 18.3 Å². The van der Waals surface area contributed by atoms with Crippen molar-refractivity contribution >= 4 is 11.7 Å². The van der Waals surface area contributed by atoms with Crippen molar-refractivity contribution in [2.75, 3.05) is 31.6 Å². The fraction of sp³-hybridized carbons (Fsp3) is 0.556. The summed E-state index contributed by atoms with van der Waals surface area (Å²) in [5.74, 6) is -2.03. The molecule has 1 aliphatic carbocycles. The summed E-state index contributed by atoms with van der Waals surface area (Å²) in [6.07, 6.45) is 0.994. The molecule has 1 N–H and O–H groups in total. The molecule has 1 saturated carbocycles. The van der Waals surface area contributed by atoms with Gasteiger partial charge in [-0.15, -0.1) is 5.10 Å². The first kappa shape index (κ1) is 18.7. The normalized spacial score (nSPS) is 23.9. The number of alkyl halides is 2. The number of nitrogens with one attached hydrogen (secondary N) is 1. The number of anilines is 1. The Hall–Kier alpha value is -2.62. The van der Waals surface area contributed by atoms with Crippen LogP contribution >= 0.6 is 0 Å². The fourth-order valence-electron chi connectivity index (χ4n) is 3.42. The minimum atomic E-state index is -3.07. The van der Waals surface area contributed by atoms with E-state index in [0.29, 0.717) is 23.0 Å². The lowest BCUT2D eigenvalue weighted by Gasteiger charge is -2.24. The molecule has 2 amide bonds. The van der Waals surface area contributed by atoms with Crippen molar-refractivity contribution in [3.05, 3.63) is 23.8 Å². The lowest BCUT2D eigenvalue weighted by Crippen LogP contribution is -2.43. The zero-order chi connectivity index (χ0) is 19.9. The number of rotatable bonds is 3. The van der Waals surface area contributed by atoms with Crippen LogP contribution in [0.4, 0.5) is 19.3 Å². The number of nitrogens with zero attached hydrogens (tertiary/aromatic N) is 5. The molecule has 150 valence electrons. The molecular formula is C18H22F2N6O2. The largest absolute Gasteiger partial charge is 0.373 e. The molecule has 4 rings (SSSR count). The molecule has 8 nitrogen and oxygen atoms in total. The number of urea groups is 1. The van der Waals surface area contributed by atoms with E-state index in [1.165, 1.54) is 0 Å². The number of halogens is 2. The average Bonchev–Trinajstić information content (AvgIpc) is 3.22. The fourth-order valence-corrected chi connectivity index (χ4v) is 3.42. The third-order valence-electron chi connectivity index (χ3n) is 5.15. The Morgan fingerprint density at radius 2 is 2.18 bits per heavy atom. The zero-order valence-electron chi connectivity index (χ0n) is 15.7. The SMILES string of the molecule is Cc1cccc(-c2nnnn2[C@@H]2C[C@H]2C)c1NC(=O)N1CCOCC(F)(F)C1. The Kier molecular flexibility index (Phi) is 4.74. The number of aromatic nitrogens is 4. The smallest absolute Gasteiger partial charge is 0.322 e. The molecule has 28 heavy (non-hydrogen) atoms. The molecular weight excluding hydrogens is 370 g/mol. The van der Waals surface area contributed by atoms with Crippen LogP contribution in [-0.4, -0.2) is 63.4 Å². The predicted molar refractivity (Wildman–Crippen MR) is 97.2 cm³/mol. The maximum Gasteiger partial charge on any atom is 0.322 e. The van der Waals surface area contributed by atoms with Gasteiger partial charge < -0.3 is 15.0 Å². The third kappa shape index (κ3) is 3.68. The van der Waals surface area contributed by atoms with E-state index in [-0.39, 0.29) is 19.2 Å². The van der Waals surface area contributed by atoms with Crippen LogP contribution in [0.5, 0.6) is 0 Å². The first-order valence-corrected chi connectivity index (χ1v) is 9.25. The van der Waals surface area contributed by atoms with Crippen molar-refractivity contribution in [1.82, 2.24) is 25.1 Å². The number of ether oxygens (including phenoxy) is 1. The average molecular weight is 392 g/mol. The van der Waals surface area contributed by atoms with Gasteiger partial charge >= 0.3 is 6.03 Å². The first-order chi connectivity index (χ1) is 13.4. The Morgan fingerprint density at radius 3 is 2.93 bits per heavy atom. The second-order valence-electron chi connectivity index (χ2n) is 7.49. The summed E-state index contributed by atoms with van der Waals surface area (Å²) in [7, 11) is 0. The highest BCUT2D eigenvalue weighted by Crippen LogP contribution is 2.44. The highest BCUT2D eigenvalue weighted by Gasteiger charge is 2.38. The Bertz CT molecular complexity index is 887. The second-order valence-corrected chi connectivity index (χ2v) is 7.49. The predicted octanol–water partition coefficient (Wildman–Crippen LogP) is 2.73. The standard InChI is InChI=1S/C18H22F2N6O2/c1-11-4-3-5-13(16-22-23-24-26(16)14-8-12(14)2)15(11)21-17(27)25-6-7-28-10-18(19,20)9-25/h3-5,12,14H,6-10H2,1-2H3,(H,21,27)/t12-,14-/m1/s1. The van der Waals surface area contributed by atoms with Crippen molar-refractivity contribution < 1.29 is 18.3 Å². The topological polar surface area (TPSA) is 85.2 Å². The van der Waals surface area contributed by atoms with E-state index in [0.717, 1.165) is 16.9 Å². The molecule has 2 atom stereocenters. The monoisotopic (exact) mass is 392 g/mol. The number of tetrazole rings is 1. The van der Waals surface area contributed by atoms with Crippen LogP contribution in [0.2, 0.25) is 0 Å². The summed E-state index contributed by atoms with van der Waals surface area (Å²) < 4.78 is 34.3. The zero-order valence-corrected chi connectivity index (χ0v) is 15.7. The van der Waals surface area contributed by atoms with E-state index in [9.17, 15) is 13.6 Å². The molecule has 0 bridgehead atoms. The molecule has 1 aliphatic heterocycles. The Morgan fingerprint density at radius 1 is 1.39 bits per heavy atom. The van der Waals surface area contributed by atoms with Crippen molar-refractivity contribution in [3.63, 3.8) is 0 Å². The molecule has 0 radical (unpaired) electrons. The number of amides is 2. The van der Waals surface area contributed by atoms with E-state index in [1.807, 2.05) is 25.1 Å². The lowest BCUT2D eigenvalue weighted by atomic mass is 10.1. The molecule has 2 aromatic rings. The molecule has 10 heteroatoms.